The van der Waals surface area contributed by atoms with Crippen LogP contribution in [0.4, 0.5) is 4.39 Å². The van der Waals surface area contributed by atoms with Gasteiger partial charge in [0.05, 0.1) is 49.3 Å². The number of hydrogen-bond donors (Lipinski definition) is 2. The SMILES string of the molecule is CC1C(c2cc3c(cn2)COC32CCN(C3COC3)CC2)=CC=C(C[C@@H](C#N)NC(=O)[C@H]2N[C@@H]3CC[C@H]2C3)C1F. The quantitative estimate of drug-likeness (QED) is 0.565. The predicted octanol–water partition coefficient (Wildman–Crippen LogP) is 3.14. The number of rotatable bonds is 6. The van der Waals surface area contributed by atoms with Gasteiger partial charge in [-0.1, -0.05) is 19.1 Å². The molecule has 2 bridgehead atoms. The molecule has 0 radical (unpaired) electrons. The number of pyridine rings is 1. The summed E-state index contributed by atoms with van der Waals surface area (Å²) in [4.78, 5) is 20.1. The van der Waals surface area contributed by atoms with Gasteiger partial charge in [-0.25, -0.2) is 4.39 Å². The molecule has 3 saturated heterocycles. The first kappa shape index (κ1) is 26.3. The van der Waals surface area contributed by atoms with Crippen LogP contribution in [-0.4, -0.2) is 72.4 Å². The smallest absolute Gasteiger partial charge is 0.238 e. The predicted molar refractivity (Wildman–Crippen MR) is 146 cm³/mol. The summed E-state index contributed by atoms with van der Waals surface area (Å²) in [6.07, 6.45) is 9.61. The largest absolute Gasteiger partial charge is 0.378 e. The molecule has 4 fully saturated rings. The number of aromatic nitrogens is 1. The fourth-order valence-electron chi connectivity index (χ4n) is 7.77. The van der Waals surface area contributed by atoms with Gasteiger partial charge in [-0.3, -0.25) is 14.7 Å². The van der Waals surface area contributed by atoms with E-state index in [1.54, 1.807) is 6.08 Å². The van der Waals surface area contributed by atoms with Gasteiger partial charge >= 0.3 is 0 Å². The Bertz CT molecular complexity index is 1280. The zero-order valence-electron chi connectivity index (χ0n) is 23.1. The van der Waals surface area contributed by atoms with E-state index in [0.717, 1.165) is 75.2 Å². The second kappa shape index (κ2) is 10.3. The van der Waals surface area contributed by atoms with Crippen molar-refractivity contribution in [2.75, 3.05) is 26.3 Å². The molecule has 4 aliphatic heterocycles. The van der Waals surface area contributed by atoms with Gasteiger partial charge in [-0.2, -0.15) is 5.26 Å². The highest BCUT2D eigenvalue weighted by Gasteiger charge is 2.45. The fraction of sp³-hybridized carbons (Fsp3) is 0.645. The minimum absolute atomic E-state index is 0.139. The molecule has 6 atom stereocenters. The van der Waals surface area contributed by atoms with E-state index in [4.69, 9.17) is 14.5 Å². The number of hydrogen-bond acceptors (Lipinski definition) is 7. The van der Waals surface area contributed by atoms with Crippen molar-refractivity contribution in [2.24, 2.45) is 11.8 Å². The molecule has 1 spiro atoms. The minimum Gasteiger partial charge on any atom is -0.378 e. The Balaban J connectivity index is 1.05. The van der Waals surface area contributed by atoms with E-state index in [1.165, 1.54) is 5.56 Å². The molecule has 2 aliphatic carbocycles. The van der Waals surface area contributed by atoms with Crippen LogP contribution in [0.2, 0.25) is 0 Å². The number of carbonyl (C=O) groups is 1. The Labute approximate surface area is 235 Å². The molecule has 1 aromatic rings. The monoisotopic (exact) mass is 547 g/mol. The fourth-order valence-corrected chi connectivity index (χ4v) is 7.77. The number of halogens is 1. The van der Waals surface area contributed by atoms with E-state index in [-0.39, 0.29) is 24.0 Å². The standard InChI is InChI=1S/C31H38FN5O3/c1-18-25(5-3-19(28(18)32)10-23(13-33)36-30(38)29-20-2-4-22(11-20)35-29)27-12-26-21(14-34-27)15-40-31(26)6-8-37(9-7-31)24-16-39-17-24/h3,5,12,14,18,20,22-24,28-29,35H,2,4,6-11,15-17H2,1H3,(H,36,38)/t18?,20-,22+,23-,28?,29-/m0/s1. The maximum absolute atomic E-state index is 15.8. The molecule has 5 heterocycles. The van der Waals surface area contributed by atoms with Crippen LogP contribution < -0.4 is 10.6 Å². The molecule has 212 valence electrons. The van der Waals surface area contributed by atoms with Crippen molar-refractivity contribution in [1.82, 2.24) is 20.5 Å². The number of fused-ring (bicyclic) bond motifs is 4. The second-order valence-electron chi connectivity index (χ2n) is 12.6. The van der Waals surface area contributed by atoms with Crippen LogP contribution in [0.25, 0.3) is 5.57 Å². The Morgan fingerprint density at radius 3 is 2.83 bits per heavy atom. The number of nitrogens with zero attached hydrogens (tertiary/aromatic N) is 3. The number of ether oxygens (including phenoxy) is 2. The lowest BCUT2D eigenvalue weighted by molar-refractivity contribution is -0.124. The van der Waals surface area contributed by atoms with Crippen molar-refractivity contribution in [2.45, 2.75) is 88.0 Å². The molecule has 40 heavy (non-hydrogen) atoms. The molecule has 6 aliphatic rings. The van der Waals surface area contributed by atoms with Crippen LogP contribution >= 0.6 is 0 Å². The lowest BCUT2D eigenvalue weighted by Crippen LogP contribution is -2.54. The van der Waals surface area contributed by atoms with E-state index in [0.29, 0.717) is 30.2 Å². The summed E-state index contributed by atoms with van der Waals surface area (Å²) in [7, 11) is 0. The molecular formula is C31H38FN5O3. The Morgan fingerprint density at radius 1 is 1.32 bits per heavy atom. The molecule has 2 N–H and O–H groups in total. The lowest BCUT2D eigenvalue weighted by atomic mass is 9.80. The molecule has 1 saturated carbocycles. The van der Waals surface area contributed by atoms with Gasteiger partial charge in [-0.05, 0) is 60.8 Å². The van der Waals surface area contributed by atoms with Gasteiger partial charge in [0.25, 0.3) is 0 Å². The van der Waals surface area contributed by atoms with Gasteiger partial charge in [0.2, 0.25) is 5.91 Å². The molecule has 1 aromatic heterocycles. The third-order valence-corrected chi connectivity index (χ3v) is 10.3. The molecule has 9 heteroatoms. The summed E-state index contributed by atoms with van der Waals surface area (Å²) >= 11 is 0. The van der Waals surface area contributed by atoms with Crippen LogP contribution in [-0.2, 0) is 26.5 Å². The van der Waals surface area contributed by atoms with Crippen molar-refractivity contribution < 1.29 is 18.7 Å². The summed E-state index contributed by atoms with van der Waals surface area (Å²) < 4.78 is 27.6. The maximum atomic E-state index is 15.8. The first-order valence-electron chi connectivity index (χ1n) is 14.9. The topological polar surface area (TPSA) is 99.5 Å². The van der Waals surface area contributed by atoms with Gasteiger partial charge in [0.1, 0.15) is 12.2 Å². The molecule has 1 amide bonds. The highest BCUT2D eigenvalue weighted by molar-refractivity contribution is 5.83. The number of piperidine rings is 2. The summed E-state index contributed by atoms with van der Waals surface area (Å²) in [5, 5.41) is 16.0. The summed E-state index contributed by atoms with van der Waals surface area (Å²) in [5.41, 5.74) is 4.21. The maximum Gasteiger partial charge on any atom is 0.238 e. The van der Waals surface area contributed by atoms with Crippen molar-refractivity contribution in [3.63, 3.8) is 0 Å². The van der Waals surface area contributed by atoms with E-state index in [1.807, 2.05) is 19.2 Å². The zero-order chi connectivity index (χ0) is 27.4. The van der Waals surface area contributed by atoms with Crippen molar-refractivity contribution in [3.05, 3.63) is 46.8 Å². The van der Waals surface area contributed by atoms with Crippen molar-refractivity contribution in [1.29, 1.82) is 5.26 Å². The number of carbonyl (C=O) groups excluding carboxylic acids is 1. The molecule has 7 rings (SSSR count). The van der Waals surface area contributed by atoms with Crippen LogP contribution in [0.1, 0.15) is 62.3 Å². The van der Waals surface area contributed by atoms with E-state index >= 15 is 4.39 Å². The summed E-state index contributed by atoms with van der Waals surface area (Å²) in [6, 6.07) is 4.25. The Hall–Kier alpha value is -2.64. The molecular weight excluding hydrogens is 509 g/mol. The van der Waals surface area contributed by atoms with Gasteiger partial charge in [0, 0.05) is 43.2 Å². The lowest BCUT2D eigenvalue weighted by Gasteiger charge is -2.45. The minimum atomic E-state index is -1.25. The summed E-state index contributed by atoms with van der Waals surface area (Å²) in [5.74, 6) is -0.210. The van der Waals surface area contributed by atoms with E-state index in [2.05, 4.69) is 27.7 Å². The molecule has 2 unspecified atom stereocenters. The molecule has 0 aromatic carbocycles. The normalized spacial score (nSPS) is 33.6. The average molecular weight is 548 g/mol. The first-order valence-corrected chi connectivity index (χ1v) is 14.9. The number of nitriles is 1. The van der Waals surface area contributed by atoms with Crippen LogP contribution in [0.15, 0.2) is 30.0 Å². The highest BCUT2D eigenvalue weighted by atomic mass is 19.1. The van der Waals surface area contributed by atoms with Crippen molar-refractivity contribution >= 4 is 11.5 Å². The van der Waals surface area contributed by atoms with E-state index < -0.39 is 18.1 Å². The van der Waals surface area contributed by atoms with E-state index in [9.17, 15) is 10.1 Å². The second-order valence-corrected chi connectivity index (χ2v) is 12.6. The van der Waals surface area contributed by atoms with Crippen molar-refractivity contribution in [3.8, 4) is 6.07 Å². The van der Waals surface area contributed by atoms with Gasteiger partial charge in [0.15, 0.2) is 0 Å². The van der Waals surface area contributed by atoms with Gasteiger partial charge in [-0.15, -0.1) is 0 Å². The third-order valence-electron chi connectivity index (χ3n) is 10.3. The number of amides is 1. The Kier molecular flexibility index (Phi) is 6.78. The number of alkyl halides is 1. The number of likely N-dealkylation sites (tertiary alicyclic amines) is 1. The Morgan fingerprint density at radius 2 is 2.15 bits per heavy atom. The first-order chi connectivity index (χ1) is 19.4. The van der Waals surface area contributed by atoms with Gasteiger partial charge < -0.3 is 20.1 Å². The van der Waals surface area contributed by atoms with Crippen LogP contribution in [0, 0.1) is 23.2 Å². The summed E-state index contributed by atoms with van der Waals surface area (Å²) in [6.45, 7) is 6.06. The third kappa shape index (κ3) is 4.50. The van der Waals surface area contributed by atoms with Crippen LogP contribution in [0.3, 0.4) is 0 Å². The number of allylic oxidation sites excluding steroid dienone is 3. The number of nitrogens with one attached hydrogen (secondary N) is 2. The molecule has 8 nitrogen and oxygen atoms in total. The highest BCUT2D eigenvalue weighted by Crippen LogP contribution is 2.46. The zero-order valence-corrected chi connectivity index (χ0v) is 23.1. The average Bonchev–Trinajstić information content (AvgIpc) is 3.67. The van der Waals surface area contributed by atoms with Crippen LogP contribution in [0.5, 0.6) is 0 Å².